The number of carbonyl (C=O) groups excluding carboxylic acids is 1. The third-order valence-electron chi connectivity index (χ3n) is 3.26. The first-order valence-corrected chi connectivity index (χ1v) is 7.57. The third-order valence-corrected chi connectivity index (χ3v) is 3.26. The van der Waals surface area contributed by atoms with Crippen molar-refractivity contribution in [3.8, 4) is 5.75 Å². The molecule has 0 bridgehead atoms. The van der Waals surface area contributed by atoms with Gasteiger partial charge >= 0.3 is 12.5 Å². The molecule has 7 heteroatoms. The van der Waals surface area contributed by atoms with E-state index >= 15 is 0 Å². The van der Waals surface area contributed by atoms with E-state index in [1.54, 1.807) is 37.8 Å². The Morgan fingerprint density at radius 1 is 1.12 bits per heavy atom. The van der Waals surface area contributed by atoms with Crippen molar-refractivity contribution in [2.75, 3.05) is 13.1 Å². The average molecular weight is 343 g/mol. The highest BCUT2D eigenvalue weighted by Gasteiger charge is 2.31. The lowest BCUT2D eigenvalue weighted by Crippen LogP contribution is -2.39. The van der Waals surface area contributed by atoms with Crippen LogP contribution in [0.1, 0.15) is 32.8 Å². The van der Waals surface area contributed by atoms with Crippen LogP contribution in [0.3, 0.4) is 0 Å². The summed E-state index contributed by atoms with van der Waals surface area (Å²) >= 11 is 0. The molecule has 1 aliphatic heterocycles. The summed E-state index contributed by atoms with van der Waals surface area (Å²) in [6.45, 7) is 6.29. The van der Waals surface area contributed by atoms with Crippen LogP contribution in [0, 0.1) is 0 Å². The maximum atomic E-state index is 12.2. The van der Waals surface area contributed by atoms with Gasteiger partial charge in [-0.25, -0.2) is 4.79 Å². The summed E-state index contributed by atoms with van der Waals surface area (Å²) in [5.74, 6) is -0.272. The fourth-order valence-corrected chi connectivity index (χ4v) is 2.31. The summed E-state index contributed by atoms with van der Waals surface area (Å²) in [5, 5.41) is 0. The van der Waals surface area contributed by atoms with Gasteiger partial charge in [-0.05, 0) is 50.5 Å². The molecule has 0 aromatic heterocycles. The molecule has 1 amide bonds. The molecule has 0 atom stereocenters. The van der Waals surface area contributed by atoms with E-state index in [1.165, 1.54) is 12.1 Å². The molecule has 0 saturated heterocycles. The van der Waals surface area contributed by atoms with Crippen LogP contribution < -0.4 is 4.74 Å². The number of ether oxygens (including phenoxy) is 2. The van der Waals surface area contributed by atoms with Crippen molar-refractivity contribution in [3.63, 3.8) is 0 Å². The van der Waals surface area contributed by atoms with Crippen LogP contribution in [0.4, 0.5) is 18.0 Å². The molecule has 0 radical (unpaired) electrons. The van der Waals surface area contributed by atoms with Crippen molar-refractivity contribution < 1.29 is 27.4 Å². The second-order valence-corrected chi connectivity index (χ2v) is 6.49. The first kappa shape index (κ1) is 18.2. The molecule has 1 aromatic carbocycles. The Balaban J connectivity index is 2.04. The van der Waals surface area contributed by atoms with Crippen LogP contribution >= 0.6 is 0 Å². The van der Waals surface area contributed by atoms with Gasteiger partial charge in [-0.2, -0.15) is 0 Å². The van der Waals surface area contributed by atoms with Crippen molar-refractivity contribution in [2.24, 2.45) is 0 Å². The molecule has 0 saturated carbocycles. The number of hydrogen-bond acceptors (Lipinski definition) is 3. The summed E-state index contributed by atoms with van der Waals surface area (Å²) < 4.78 is 45.7. The maximum Gasteiger partial charge on any atom is 0.573 e. The molecule has 2 rings (SSSR count). The number of amides is 1. The Labute approximate surface area is 138 Å². The van der Waals surface area contributed by atoms with Gasteiger partial charge in [-0.15, -0.1) is 13.2 Å². The minimum atomic E-state index is -4.71. The van der Waals surface area contributed by atoms with Crippen LogP contribution in [0.5, 0.6) is 5.75 Å². The quantitative estimate of drug-likeness (QED) is 0.787. The zero-order valence-corrected chi connectivity index (χ0v) is 13.8. The molecular formula is C17H20F3NO3. The fourth-order valence-electron chi connectivity index (χ4n) is 2.31. The lowest BCUT2D eigenvalue weighted by molar-refractivity contribution is -0.274. The Morgan fingerprint density at radius 2 is 1.75 bits per heavy atom. The van der Waals surface area contributed by atoms with Crippen molar-refractivity contribution in [1.82, 2.24) is 4.90 Å². The SMILES string of the molecule is CC(C)(C)OC(=O)N1CCC=C(c2ccc(OC(F)(F)F)cc2)C1. The van der Waals surface area contributed by atoms with Gasteiger partial charge in [0, 0.05) is 13.1 Å². The van der Waals surface area contributed by atoms with Gasteiger partial charge in [0.25, 0.3) is 0 Å². The average Bonchev–Trinajstić information content (AvgIpc) is 2.45. The van der Waals surface area contributed by atoms with Crippen molar-refractivity contribution >= 4 is 11.7 Å². The molecule has 132 valence electrons. The molecule has 0 N–H and O–H groups in total. The van der Waals surface area contributed by atoms with Crippen LogP contribution in [0.25, 0.3) is 5.57 Å². The number of rotatable bonds is 2. The molecule has 0 unspecified atom stereocenters. The molecule has 1 heterocycles. The summed E-state index contributed by atoms with van der Waals surface area (Å²) in [5.41, 5.74) is 1.04. The Bertz CT molecular complexity index is 615. The number of alkyl halides is 3. The van der Waals surface area contributed by atoms with E-state index in [-0.39, 0.29) is 5.75 Å². The van der Waals surface area contributed by atoms with E-state index in [4.69, 9.17) is 4.74 Å². The molecule has 1 aliphatic rings. The highest BCUT2D eigenvalue weighted by Crippen LogP contribution is 2.27. The second kappa shape index (κ2) is 6.75. The predicted molar refractivity (Wildman–Crippen MR) is 83.5 cm³/mol. The van der Waals surface area contributed by atoms with Gasteiger partial charge in [0.05, 0.1) is 0 Å². The molecule has 1 aromatic rings. The largest absolute Gasteiger partial charge is 0.573 e. The van der Waals surface area contributed by atoms with Gasteiger partial charge in [0.15, 0.2) is 0 Å². The maximum absolute atomic E-state index is 12.2. The minimum absolute atomic E-state index is 0.272. The van der Waals surface area contributed by atoms with Crippen molar-refractivity contribution in [3.05, 3.63) is 35.9 Å². The first-order valence-electron chi connectivity index (χ1n) is 7.57. The number of nitrogens with zero attached hydrogens (tertiary/aromatic N) is 1. The lowest BCUT2D eigenvalue weighted by Gasteiger charge is -2.30. The van der Waals surface area contributed by atoms with Crippen molar-refractivity contribution in [1.29, 1.82) is 0 Å². The summed E-state index contributed by atoms with van der Waals surface area (Å²) in [7, 11) is 0. The summed E-state index contributed by atoms with van der Waals surface area (Å²) in [6, 6.07) is 5.61. The van der Waals surface area contributed by atoms with E-state index in [2.05, 4.69) is 4.74 Å². The molecule has 0 spiro atoms. The number of hydrogen-bond donors (Lipinski definition) is 0. The Morgan fingerprint density at radius 3 is 2.29 bits per heavy atom. The first-order chi connectivity index (χ1) is 11.0. The minimum Gasteiger partial charge on any atom is -0.444 e. The van der Waals surface area contributed by atoms with Gasteiger partial charge in [0.1, 0.15) is 11.4 Å². The number of benzene rings is 1. The van der Waals surface area contributed by atoms with Crippen molar-refractivity contribution in [2.45, 2.75) is 39.2 Å². The molecule has 0 aliphatic carbocycles. The zero-order valence-electron chi connectivity index (χ0n) is 13.8. The van der Waals surface area contributed by atoms with Crippen LogP contribution in [-0.4, -0.2) is 36.0 Å². The van der Waals surface area contributed by atoms with E-state index in [9.17, 15) is 18.0 Å². The van der Waals surface area contributed by atoms with Gasteiger partial charge < -0.3 is 14.4 Å². The summed E-state index contributed by atoms with van der Waals surface area (Å²) in [6.07, 6.45) is -2.47. The van der Waals surface area contributed by atoms with Crippen LogP contribution in [0.2, 0.25) is 0 Å². The monoisotopic (exact) mass is 343 g/mol. The summed E-state index contributed by atoms with van der Waals surface area (Å²) in [4.78, 5) is 13.7. The van der Waals surface area contributed by atoms with Gasteiger partial charge in [0.2, 0.25) is 0 Å². The second-order valence-electron chi connectivity index (χ2n) is 6.49. The van der Waals surface area contributed by atoms with E-state index < -0.39 is 18.1 Å². The van der Waals surface area contributed by atoms with E-state index in [0.29, 0.717) is 19.5 Å². The molecule has 24 heavy (non-hydrogen) atoms. The molecular weight excluding hydrogens is 323 g/mol. The third kappa shape index (κ3) is 5.47. The Hall–Kier alpha value is -2.18. The van der Waals surface area contributed by atoms with E-state index in [0.717, 1.165) is 11.1 Å². The molecule has 4 nitrogen and oxygen atoms in total. The normalized spacial score (nSPS) is 15.8. The topological polar surface area (TPSA) is 38.8 Å². The number of carbonyl (C=O) groups is 1. The zero-order chi connectivity index (χ0) is 18.0. The fraction of sp³-hybridized carbons (Fsp3) is 0.471. The number of halogens is 3. The predicted octanol–water partition coefficient (Wildman–Crippen LogP) is 4.61. The smallest absolute Gasteiger partial charge is 0.444 e. The standard InChI is InChI=1S/C17H20F3NO3/c1-16(2,3)24-15(22)21-10-4-5-13(11-21)12-6-8-14(9-7-12)23-17(18,19)20/h5-9H,4,10-11H2,1-3H3. The van der Waals surface area contributed by atoms with Crippen LogP contribution in [-0.2, 0) is 4.74 Å². The van der Waals surface area contributed by atoms with E-state index in [1.807, 2.05) is 6.08 Å². The highest BCUT2D eigenvalue weighted by molar-refractivity contribution is 5.75. The van der Waals surface area contributed by atoms with Gasteiger partial charge in [-0.1, -0.05) is 18.2 Å². The van der Waals surface area contributed by atoms with Crippen LogP contribution in [0.15, 0.2) is 30.3 Å². The molecule has 0 fully saturated rings. The van der Waals surface area contributed by atoms with Gasteiger partial charge in [-0.3, -0.25) is 0 Å². The highest BCUT2D eigenvalue weighted by atomic mass is 19.4. The lowest BCUT2D eigenvalue weighted by atomic mass is 10.0. The Kier molecular flexibility index (Phi) is 5.11.